The van der Waals surface area contributed by atoms with E-state index in [1.54, 1.807) is 6.92 Å². The molecule has 0 radical (unpaired) electrons. The lowest BCUT2D eigenvalue weighted by Crippen LogP contribution is -2.03. The normalized spacial score (nSPS) is 18.1. The molecule has 0 N–H and O–H groups in total. The minimum atomic E-state index is -6.54. The molecule has 0 bridgehead atoms. The summed E-state index contributed by atoms with van der Waals surface area (Å²) in [5.74, 6) is 0. The first kappa shape index (κ1) is 12.3. The van der Waals surface area contributed by atoms with Crippen molar-refractivity contribution in [3.63, 3.8) is 0 Å². The van der Waals surface area contributed by atoms with Crippen LogP contribution in [-0.4, -0.2) is 6.66 Å². The molecule has 0 heterocycles. The Labute approximate surface area is 85.3 Å². The number of benzene rings is 1. The molecule has 0 spiro atoms. The molecule has 0 aliphatic carbocycles. The number of hydrogen-bond acceptors (Lipinski definition) is 0. The van der Waals surface area contributed by atoms with Gasteiger partial charge in [-0.3, -0.25) is 0 Å². The van der Waals surface area contributed by atoms with Crippen molar-refractivity contribution in [3.8, 4) is 0 Å². The molecule has 2 unspecified atom stereocenters. The van der Waals surface area contributed by atoms with Crippen LogP contribution in [0.5, 0.6) is 0 Å². The van der Waals surface area contributed by atoms with Crippen molar-refractivity contribution in [3.05, 3.63) is 29.8 Å². The fourth-order valence-corrected chi connectivity index (χ4v) is 3.52. The van der Waals surface area contributed by atoms with Crippen LogP contribution in [0.3, 0.4) is 0 Å². The van der Waals surface area contributed by atoms with E-state index in [-0.39, 0.29) is 0 Å². The van der Waals surface area contributed by atoms with Gasteiger partial charge in [-0.2, -0.15) is 0 Å². The molecule has 0 saturated heterocycles. The number of rotatable bonds is 2. The Kier molecular flexibility index (Phi) is 2.52. The van der Waals surface area contributed by atoms with E-state index in [2.05, 4.69) is 0 Å². The van der Waals surface area contributed by atoms with Crippen molar-refractivity contribution < 1.29 is 11.7 Å². The minimum Gasteiger partial charge on any atom is -0.142 e. The molecular weight excluding hydrogens is 247 g/mol. The summed E-state index contributed by atoms with van der Waals surface area (Å²) in [5, 5.41) is 0. The Bertz CT molecular complexity index is 353. The molecule has 1 aromatic carbocycles. The van der Waals surface area contributed by atoms with Crippen LogP contribution in [0.25, 0.3) is 0 Å². The van der Waals surface area contributed by atoms with Gasteiger partial charge in [-0.1, -0.05) is 17.7 Å². The Morgan fingerprint density at radius 3 is 1.93 bits per heavy atom. The zero-order chi connectivity index (χ0) is 11.1. The minimum absolute atomic E-state index is 0.499. The summed E-state index contributed by atoms with van der Waals surface area (Å²) in [5.41, 5.74) is 0.839. The van der Waals surface area contributed by atoms with Crippen molar-refractivity contribution in [2.75, 3.05) is 6.66 Å². The SMILES string of the molecule is CPS(F)(F)(F)(P)c1ccc(C)cc1. The Morgan fingerprint density at radius 2 is 1.57 bits per heavy atom. The predicted octanol–water partition coefficient (Wildman–Crippen LogP) is 4.90. The van der Waals surface area contributed by atoms with E-state index in [0.29, 0.717) is 0 Å². The lowest BCUT2D eigenvalue weighted by Gasteiger charge is -2.53. The molecule has 0 amide bonds. The molecule has 1 rings (SSSR count). The van der Waals surface area contributed by atoms with Crippen molar-refractivity contribution in [2.45, 2.75) is 11.8 Å². The maximum absolute atomic E-state index is 13.8. The van der Waals surface area contributed by atoms with E-state index in [9.17, 15) is 11.7 Å². The average Bonchev–Trinajstić information content (AvgIpc) is 2.04. The van der Waals surface area contributed by atoms with Crippen molar-refractivity contribution >= 4 is 24.9 Å². The van der Waals surface area contributed by atoms with E-state index in [1.165, 1.54) is 39.4 Å². The molecule has 0 aromatic heterocycles. The average molecular weight is 260 g/mol. The number of hydrogen-bond donors (Lipinski definition) is 0. The molecule has 0 aliphatic rings. The first-order valence-electron chi connectivity index (χ1n) is 3.93. The van der Waals surface area contributed by atoms with Gasteiger partial charge in [0, 0.05) is 0 Å². The highest BCUT2D eigenvalue weighted by atomic mass is 33.2. The van der Waals surface area contributed by atoms with Gasteiger partial charge in [-0.25, -0.2) is 0 Å². The molecule has 6 heteroatoms. The summed E-state index contributed by atoms with van der Waals surface area (Å²) < 4.78 is 41.5. The second kappa shape index (κ2) is 2.87. The second-order valence-corrected chi connectivity index (χ2v) is 15.0. The summed E-state index contributed by atoms with van der Waals surface area (Å²) in [7, 11) is -6.42. The third-order valence-corrected chi connectivity index (χ3v) is 10.6. The molecule has 0 nitrogen and oxygen atoms in total. The number of halogens is 3. The van der Waals surface area contributed by atoms with Gasteiger partial charge in [0.25, 0.3) is 0 Å². The van der Waals surface area contributed by atoms with Crippen molar-refractivity contribution in [1.29, 1.82) is 0 Å². The van der Waals surface area contributed by atoms with Gasteiger partial charge in [0.15, 0.2) is 0 Å². The smallest absolute Gasteiger partial charge is 0.0920 e. The maximum atomic E-state index is 13.8. The fourth-order valence-electron chi connectivity index (χ4n) is 0.957. The van der Waals surface area contributed by atoms with Crippen LogP contribution in [0.15, 0.2) is 29.2 Å². The molecule has 0 fully saturated rings. The van der Waals surface area contributed by atoms with Crippen LogP contribution < -0.4 is 0 Å². The Balaban J connectivity index is 3.37. The standard InChI is InChI=1S/C8H13F3P2S/c1-7-3-5-8(6-4-7)14(9,10,11,12)13-2/h3-6,13H,12H2,1-2H3. The van der Waals surface area contributed by atoms with Crippen LogP contribution in [-0.2, 0) is 0 Å². The Hall–Kier alpha value is 0.220. The van der Waals surface area contributed by atoms with Gasteiger partial charge in [-0.15, -0.1) is 11.7 Å². The quantitative estimate of drug-likeness (QED) is 0.663. The van der Waals surface area contributed by atoms with Gasteiger partial charge >= 0.3 is 0 Å². The Morgan fingerprint density at radius 1 is 1.14 bits per heavy atom. The summed E-state index contributed by atoms with van der Waals surface area (Å²) >= 11 is 0. The first-order valence-corrected chi connectivity index (χ1v) is 9.78. The molecular formula is C8H13F3P2S. The molecule has 2 atom stereocenters. The van der Waals surface area contributed by atoms with Crippen molar-refractivity contribution in [1.82, 2.24) is 0 Å². The van der Waals surface area contributed by atoms with Crippen LogP contribution in [0, 0.1) is 6.92 Å². The topological polar surface area (TPSA) is 0 Å². The highest BCUT2D eigenvalue weighted by molar-refractivity contribution is 9.09. The van der Waals surface area contributed by atoms with E-state index in [1.807, 2.05) is 0 Å². The van der Waals surface area contributed by atoms with Gasteiger partial charge in [0.05, 0.1) is 13.6 Å². The summed E-state index contributed by atoms with van der Waals surface area (Å²) in [6.07, 6.45) is 0. The van der Waals surface area contributed by atoms with Gasteiger partial charge in [0.1, 0.15) is 0 Å². The second-order valence-electron chi connectivity index (χ2n) is 3.26. The van der Waals surface area contributed by atoms with Crippen LogP contribution in [0.4, 0.5) is 11.7 Å². The molecule has 14 heavy (non-hydrogen) atoms. The third kappa shape index (κ3) is 2.42. The van der Waals surface area contributed by atoms with E-state index >= 15 is 0 Å². The third-order valence-electron chi connectivity index (χ3n) is 1.99. The lowest BCUT2D eigenvalue weighted by atomic mass is 10.2. The molecule has 1 aromatic rings. The summed E-state index contributed by atoms with van der Waals surface area (Å²) in [4.78, 5) is -0.499. The van der Waals surface area contributed by atoms with Crippen LogP contribution in [0.2, 0.25) is 0 Å². The highest BCUT2D eigenvalue weighted by Gasteiger charge is 2.57. The zero-order valence-electron chi connectivity index (χ0n) is 7.93. The van der Waals surface area contributed by atoms with E-state index in [4.69, 9.17) is 0 Å². The van der Waals surface area contributed by atoms with Gasteiger partial charge < -0.3 is 0 Å². The van der Waals surface area contributed by atoms with Crippen LogP contribution >= 0.6 is 24.9 Å². The van der Waals surface area contributed by atoms with Gasteiger partial charge in [0.2, 0.25) is 0 Å². The maximum Gasteiger partial charge on any atom is 0.0920 e. The van der Waals surface area contributed by atoms with Gasteiger partial charge in [-0.05, 0) is 41.9 Å². The lowest BCUT2D eigenvalue weighted by molar-refractivity contribution is 0.610. The molecule has 0 aliphatic heterocycles. The summed E-state index contributed by atoms with van der Waals surface area (Å²) in [6.45, 7) is 2.96. The fraction of sp³-hybridized carbons (Fsp3) is 0.250. The van der Waals surface area contributed by atoms with Crippen LogP contribution in [0.1, 0.15) is 5.56 Å². The largest absolute Gasteiger partial charge is 0.142 e. The number of aryl methyl sites for hydroxylation is 1. The van der Waals surface area contributed by atoms with E-state index in [0.717, 1.165) is 5.56 Å². The summed E-state index contributed by atoms with van der Waals surface area (Å²) in [6, 6.07) is 5.33. The zero-order valence-corrected chi connectivity index (χ0v) is 10.9. The first-order chi connectivity index (χ1) is 6.07. The van der Waals surface area contributed by atoms with Crippen molar-refractivity contribution in [2.24, 2.45) is 0 Å². The van der Waals surface area contributed by atoms with E-state index < -0.39 is 21.4 Å². The monoisotopic (exact) mass is 260 g/mol. The predicted molar refractivity (Wildman–Crippen MR) is 64.3 cm³/mol. The molecule has 82 valence electrons. The molecule has 0 saturated carbocycles. The highest BCUT2D eigenvalue weighted by Crippen LogP contribution is 3.13.